The van der Waals surface area contributed by atoms with Crippen molar-refractivity contribution in [3.63, 3.8) is 0 Å². The molecule has 2 aromatic rings. The van der Waals surface area contributed by atoms with E-state index in [0.717, 1.165) is 37.0 Å². The van der Waals surface area contributed by atoms with Gasteiger partial charge in [0.2, 0.25) is 0 Å². The van der Waals surface area contributed by atoms with Crippen LogP contribution in [0.1, 0.15) is 44.0 Å². The highest BCUT2D eigenvalue weighted by Crippen LogP contribution is 2.33. The van der Waals surface area contributed by atoms with Crippen molar-refractivity contribution < 1.29 is 17.9 Å². The topological polar surface area (TPSA) is 39.9 Å². The van der Waals surface area contributed by atoms with Crippen LogP contribution in [-0.2, 0) is 6.42 Å². The van der Waals surface area contributed by atoms with Crippen molar-refractivity contribution in [2.24, 2.45) is 0 Å². The first-order chi connectivity index (χ1) is 11.5. The fraction of sp³-hybridized carbons (Fsp3) is 0.529. The summed E-state index contributed by atoms with van der Waals surface area (Å²) in [5.74, 6) is 1.62. The Morgan fingerprint density at radius 1 is 1.17 bits per heavy atom. The summed E-state index contributed by atoms with van der Waals surface area (Å²) in [4.78, 5) is 4.39. The first-order valence-electron chi connectivity index (χ1n) is 8.13. The van der Waals surface area contributed by atoms with Gasteiger partial charge in [-0.15, -0.1) is 0 Å². The average Bonchev–Trinajstić information content (AvgIpc) is 3.21. The second kappa shape index (κ2) is 6.83. The van der Waals surface area contributed by atoms with Crippen LogP contribution in [0.5, 0.6) is 5.75 Å². The van der Waals surface area contributed by atoms with E-state index in [-0.39, 0.29) is 18.3 Å². The van der Waals surface area contributed by atoms with Gasteiger partial charge in [0.15, 0.2) is 11.6 Å². The fourth-order valence-corrected chi connectivity index (χ4v) is 3.07. The van der Waals surface area contributed by atoms with E-state index in [1.165, 1.54) is 0 Å². The zero-order valence-electron chi connectivity index (χ0n) is 13.5. The van der Waals surface area contributed by atoms with Gasteiger partial charge in [0.25, 0.3) is 0 Å². The number of rotatable bonds is 5. The predicted octanol–water partition coefficient (Wildman–Crippen LogP) is 4.56. The monoisotopic (exact) mass is 339 g/mol. The number of alkyl halides is 3. The molecule has 0 aliphatic heterocycles. The van der Waals surface area contributed by atoms with Crippen LogP contribution in [0.15, 0.2) is 24.3 Å². The summed E-state index contributed by atoms with van der Waals surface area (Å²) in [6.45, 7) is 0. The van der Waals surface area contributed by atoms with E-state index in [2.05, 4.69) is 10.1 Å². The first kappa shape index (κ1) is 16.8. The van der Waals surface area contributed by atoms with Gasteiger partial charge in [-0.05, 0) is 37.1 Å². The fourth-order valence-electron chi connectivity index (χ4n) is 3.07. The van der Waals surface area contributed by atoms with Crippen molar-refractivity contribution in [1.82, 2.24) is 14.8 Å². The number of halogens is 3. The lowest BCUT2D eigenvalue weighted by Gasteiger charge is -2.13. The standard InChI is InChI=1S/C17H20F3N3O/c1-24-14-8-6-12(7-9-14)16-21-15(10-11-17(18,19)20)22-23(16)13-4-2-3-5-13/h6-9,13H,2-5,10-11H2,1H3. The van der Waals surface area contributed by atoms with Crippen LogP contribution in [0.3, 0.4) is 0 Å². The van der Waals surface area contributed by atoms with Crippen molar-refractivity contribution in [2.75, 3.05) is 7.11 Å². The van der Waals surface area contributed by atoms with Gasteiger partial charge in [-0.1, -0.05) is 12.8 Å². The molecule has 1 aliphatic carbocycles. The minimum atomic E-state index is -4.20. The van der Waals surface area contributed by atoms with Crippen LogP contribution in [0.2, 0.25) is 0 Å². The molecule has 1 aliphatic rings. The Balaban J connectivity index is 1.90. The predicted molar refractivity (Wildman–Crippen MR) is 83.9 cm³/mol. The molecule has 0 amide bonds. The maximum atomic E-state index is 12.5. The lowest BCUT2D eigenvalue weighted by atomic mass is 10.2. The molecule has 0 N–H and O–H groups in total. The average molecular weight is 339 g/mol. The molecule has 1 aromatic carbocycles. The Morgan fingerprint density at radius 3 is 2.42 bits per heavy atom. The highest BCUT2D eigenvalue weighted by molar-refractivity contribution is 5.56. The second-order valence-electron chi connectivity index (χ2n) is 6.08. The van der Waals surface area contributed by atoms with E-state index in [1.807, 2.05) is 28.9 Å². The SMILES string of the molecule is COc1ccc(-c2nc(CCC(F)(F)F)nn2C2CCCC2)cc1. The number of methoxy groups -OCH3 is 1. The molecule has 130 valence electrons. The summed E-state index contributed by atoms with van der Waals surface area (Å²) in [5.41, 5.74) is 0.841. The minimum absolute atomic E-state index is 0.188. The summed E-state index contributed by atoms with van der Waals surface area (Å²) in [5, 5.41) is 4.39. The largest absolute Gasteiger partial charge is 0.497 e. The zero-order chi connectivity index (χ0) is 17.2. The van der Waals surface area contributed by atoms with Crippen LogP contribution in [0.4, 0.5) is 13.2 Å². The van der Waals surface area contributed by atoms with Crippen molar-refractivity contribution in [2.45, 2.75) is 50.7 Å². The summed E-state index contributed by atoms with van der Waals surface area (Å²) in [6.07, 6.45) is -1.07. The number of nitrogens with zero attached hydrogens (tertiary/aromatic N) is 3. The molecule has 0 radical (unpaired) electrons. The summed E-state index contributed by atoms with van der Waals surface area (Å²) in [7, 11) is 1.59. The van der Waals surface area contributed by atoms with E-state index in [9.17, 15) is 13.2 Å². The number of benzene rings is 1. The molecule has 1 saturated carbocycles. The lowest BCUT2D eigenvalue weighted by molar-refractivity contribution is -0.134. The third-order valence-corrected chi connectivity index (χ3v) is 4.33. The highest BCUT2D eigenvalue weighted by Gasteiger charge is 2.29. The van der Waals surface area contributed by atoms with Crippen LogP contribution in [0, 0.1) is 0 Å². The van der Waals surface area contributed by atoms with Gasteiger partial charge >= 0.3 is 6.18 Å². The van der Waals surface area contributed by atoms with Crippen LogP contribution >= 0.6 is 0 Å². The van der Waals surface area contributed by atoms with Gasteiger partial charge in [-0.25, -0.2) is 9.67 Å². The molecule has 1 aromatic heterocycles. The van der Waals surface area contributed by atoms with E-state index in [1.54, 1.807) is 7.11 Å². The molecule has 0 atom stereocenters. The van der Waals surface area contributed by atoms with Crippen LogP contribution < -0.4 is 4.74 Å². The first-order valence-corrected chi connectivity index (χ1v) is 8.13. The number of hydrogen-bond donors (Lipinski definition) is 0. The van der Waals surface area contributed by atoms with Gasteiger partial charge in [0, 0.05) is 12.0 Å². The smallest absolute Gasteiger partial charge is 0.389 e. The van der Waals surface area contributed by atoms with Crippen molar-refractivity contribution >= 4 is 0 Å². The van der Waals surface area contributed by atoms with Gasteiger partial charge in [-0.3, -0.25) is 0 Å². The van der Waals surface area contributed by atoms with E-state index < -0.39 is 12.6 Å². The number of hydrogen-bond acceptors (Lipinski definition) is 3. The quantitative estimate of drug-likeness (QED) is 0.801. The van der Waals surface area contributed by atoms with Crippen LogP contribution in [-0.4, -0.2) is 28.1 Å². The molecule has 3 rings (SSSR count). The Hall–Kier alpha value is -2.05. The van der Waals surface area contributed by atoms with Gasteiger partial charge in [0.1, 0.15) is 5.75 Å². The van der Waals surface area contributed by atoms with Gasteiger partial charge < -0.3 is 4.74 Å². The Kier molecular flexibility index (Phi) is 4.78. The second-order valence-corrected chi connectivity index (χ2v) is 6.08. The van der Waals surface area contributed by atoms with Gasteiger partial charge in [-0.2, -0.15) is 18.3 Å². The molecular formula is C17H20F3N3O. The molecule has 0 bridgehead atoms. The molecular weight excluding hydrogens is 319 g/mol. The Bertz CT molecular complexity index is 673. The van der Waals surface area contributed by atoms with E-state index in [0.29, 0.717) is 5.82 Å². The molecule has 0 spiro atoms. The van der Waals surface area contributed by atoms with E-state index in [4.69, 9.17) is 4.74 Å². The van der Waals surface area contributed by atoms with Crippen molar-refractivity contribution in [3.8, 4) is 17.1 Å². The molecule has 4 nitrogen and oxygen atoms in total. The lowest BCUT2D eigenvalue weighted by Crippen LogP contribution is -2.11. The normalized spacial score (nSPS) is 15.8. The van der Waals surface area contributed by atoms with Crippen molar-refractivity contribution in [1.29, 1.82) is 0 Å². The van der Waals surface area contributed by atoms with Crippen LogP contribution in [0.25, 0.3) is 11.4 Å². The number of aryl methyl sites for hydroxylation is 1. The molecule has 24 heavy (non-hydrogen) atoms. The molecule has 0 unspecified atom stereocenters. The maximum absolute atomic E-state index is 12.5. The molecule has 1 fully saturated rings. The Labute approximate surface area is 138 Å². The molecule has 0 saturated heterocycles. The molecule has 1 heterocycles. The third-order valence-electron chi connectivity index (χ3n) is 4.33. The zero-order valence-corrected chi connectivity index (χ0v) is 13.5. The number of ether oxygens (including phenoxy) is 1. The van der Waals surface area contributed by atoms with E-state index >= 15 is 0 Å². The summed E-state index contributed by atoms with van der Waals surface area (Å²) >= 11 is 0. The van der Waals surface area contributed by atoms with Gasteiger partial charge in [0.05, 0.1) is 19.6 Å². The van der Waals surface area contributed by atoms with Crippen molar-refractivity contribution in [3.05, 3.63) is 30.1 Å². The summed E-state index contributed by atoms with van der Waals surface area (Å²) < 4.78 is 44.4. The highest BCUT2D eigenvalue weighted by atomic mass is 19.4. The molecule has 7 heteroatoms. The number of aromatic nitrogens is 3. The maximum Gasteiger partial charge on any atom is 0.389 e. The minimum Gasteiger partial charge on any atom is -0.497 e. The Morgan fingerprint density at radius 2 is 1.83 bits per heavy atom. The third kappa shape index (κ3) is 3.88. The summed E-state index contributed by atoms with van der Waals surface area (Å²) in [6, 6.07) is 7.58.